The Labute approximate surface area is 159 Å². The van der Waals surface area contributed by atoms with Crippen molar-refractivity contribution in [2.24, 2.45) is 0 Å². The summed E-state index contributed by atoms with van der Waals surface area (Å²) in [6, 6.07) is 18.1. The Morgan fingerprint density at radius 3 is 2.70 bits per heavy atom. The normalized spacial score (nSPS) is 15.5. The average Bonchev–Trinajstić information content (AvgIpc) is 3.04. The number of benzene rings is 2. The maximum atomic E-state index is 13.1. The molecule has 1 atom stereocenters. The number of para-hydroxylation sites is 1. The molecular formula is C22H22N4O. The number of hydrogen-bond acceptors (Lipinski definition) is 4. The van der Waals surface area contributed by atoms with Crippen LogP contribution in [0.3, 0.4) is 0 Å². The Bertz CT molecular complexity index is 968. The lowest BCUT2D eigenvalue weighted by Crippen LogP contribution is -2.36. The summed E-state index contributed by atoms with van der Waals surface area (Å²) in [6.45, 7) is 4.19. The van der Waals surface area contributed by atoms with Crippen molar-refractivity contribution in [3.8, 4) is 0 Å². The summed E-state index contributed by atoms with van der Waals surface area (Å²) in [4.78, 5) is 23.4. The van der Waals surface area contributed by atoms with Gasteiger partial charge in [0.2, 0.25) is 0 Å². The van der Waals surface area contributed by atoms with E-state index in [2.05, 4.69) is 47.3 Å². The lowest BCUT2D eigenvalue weighted by Gasteiger charge is -2.22. The Kier molecular flexibility index (Phi) is 4.59. The largest absolute Gasteiger partial charge is 0.340 e. The number of carbonyl (C=O) groups is 1. The van der Waals surface area contributed by atoms with Crippen LogP contribution < -0.4 is 10.2 Å². The molecule has 3 aromatic rings. The summed E-state index contributed by atoms with van der Waals surface area (Å²) >= 11 is 0. The van der Waals surface area contributed by atoms with E-state index in [-0.39, 0.29) is 11.9 Å². The van der Waals surface area contributed by atoms with Crippen molar-refractivity contribution in [1.82, 2.24) is 9.97 Å². The van der Waals surface area contributed by atoms with Crippen LogP contribution in [0.4, 0.5) is 17.2 Å². The topological polar surface area (TPSA) is 58.1 Å². The molecule has 136 valence electrons. The van der Waals surface area contributed by atoms with Crippen LogP contribution in [0.25, 0.3) is 0 Å². The number of aromatic nitrogens is 2. The van der Waals surface area contributed by atoms with E-state index in [1.54, 1.807) is 6.07 Å². The van der Waals surface area contributed by atoms with E-state index in [0.29, 0.717) is 11.5 Å². The van der Waals surface area contributed by atoms with Crippen LogP contribution in [0.1, 0.15) is 35.5 Å². The minimum Gasteiger partial charge on any atom is -0.340 e. The molecule has 5 nitrogen and oxygen atoms in total. The minimum absolute atomic E-state index is 0.0979. The van der Waals surface area contributed by atoms with Crippen molar-refractivity contribution in [3.05, 3.63) is 77.7 Å². The first kappa shape index (κ1) is 17.2. The van der Waals surface area contributed by atoms with Gasteiger partial charge in [0, 0.05) is 23.5 Å². The van der Waals surface area contributed by atoms with Crippen molar-refractivity contribution in [2.75, 3.05) is 10.2 Å². The molecule has 0 bridgehead atoms. The zero-order valence-electron chi connectivity index (χ0n) is 15.5. The summed E-state index contributed by atoms with van der Waals surface area (Å²) in [5.74, 6) is 0.511. The van der Waals surface area contributed by atoms with Gasteiger partial charge in [0.15, 0.2) is 0 Å². The van der Waals surface area contributed by atoms with Crippen molar-refractivity contribution in [1.29, 1.82) is 0 Å². The summed E-state index contributed by atoms with van der Waals surface area (Å²) < 4.78 is 0. The van der Waals surface area contributed by atoms with Crippen molar-refractivity contribution >= 4 is 23.1 Å². The lowest BCUT2D eigenvalue weighted by atomic mass is 10.1. The highest BCUT2D eigenvalue weighted by atomic mass is 16.2. The minimum atomic E-state index is -0.0979. The highest BCUT2D eigenvalue weighted by molar-refractivity contribution is 6.06. The summed E-state index contributed by atoms with van der Waals surface area (Å²) in [5.41, 5.74) is 4.77. The summed E-state index contributed by atoms with van der Waals surface area (Å²) in [7, 11) is 0. The Morgan fingerprint density at radius 1 is 1.15 bits per heavy atom. The van der Waals surface area contributed by atoms with E-state index >= 15 is 0 Å². The van der Waals surface area contributed by atoms with E-state index in [1.807, 2.05) is 35.2 Å². The summed E-state index contributed by atoms with van der Waals surface area (Å²) in [6.07, 6.45) is 3.30. The molecule has 1 aliphatic rings. The van der Waals surface area contributed by atoms with E-state index in [9.17, 15) is 4.79 Å². The molecule has 5 heteroatoms. The average molecular weight is 358 g/mol. The van der Waals surface area contributed by atoms with Gasteiger partial charge < -0.3 is 10.2 Å². The van der Waals surface area contributed by atoms with Crippen LogP contribution in [0.5, 0.6) is 0 Å². The molecule has 0 aliphatic carbocycles. The second kappa shape index (κ2) is 7.19. The molecule has 2 heterocycles. The van der Waals surface area contributed by atoms with Crippen molar-refractivity contribution in [3.63, 3.8) is 0 Å². The van der Waals surface area contributed by atoms with Crippen LogP contribution in [-0.2, 0) is 12.8 Å². The number of carbonyl (C=O) groups excluding carboxylic acids is 1. The maximum Gasteiger partial charge on any atom is 0.277 e. The van der Waals surface area contributed by atoms with Gasteiger partial charge in [-0.05, 0) is 49.1 Å². The van der Waals surface area contributed by atoms with Crippen molar-refractivity contribution in [2.45, 2.75) is 32.7 Å². The van der Waals surface area contributed by atoms with Crippen LogP contribution >= 0.6 is 0 Å². The molecule has 0 saturated carbocycles. The maximum absolute atomic E-state index is 13.1. The second-order valence-corrected chi connectivity index (χ2v) is 6.82. The fourth-order valence-electron chi connectivity index (χ4n) is 3.51. The SMILES string of the molecule is CCc1ccc(Nc2cc(C(=O)N3c4ccccc4CC3C)ncn2)cc1. The molecule has 1 aromatic heterocycles. The first-order valence-electron chi connectivity index (χ1n) is 9.25. The molecule has 1 aliphatic heterocycles. The fourth-order valence-corrected chi connectivity index (χ4v) is 3.51. The monoisotopic (exact) mass is 358 g/mol. The van der Waals surface area contributed by atoms with Crippen LogP contribution in [0.15, 0.2) is 60.9 Å². The van der Waals surface area contributed by atoms with Gasteiger partial charge in [-0.15, -0.1) is 0 Å². The summed E-state index contributed by atoms with van der Waals surface area (Å²) in [5, 5.41) is 3.25. The molecule has 1 N–H and O–H groups in total. The van der Waals surface area contributed by atoms with Gasteiger partial charge >= 0.3 is 0 Å². The third kappa shape index (κ3) is 3.40. The molecule has 2 aromatic carbocycles. The van der Waals surface area contributed by atoms with Gasteiger partial charge in [0.1, 0.15) is 17.8 Å². The second-order valence-electron chi connectivity index (χ2n) is 6.82. The van der Waals surface area contributed by atoms with Gasteiger partial charge in [-0.1, -0.05) is 37.3 Å². The molecule has 0 radical (unpaired) electrons. The Morgan fingerprint density at radius 2 is 1.93 bits per heavy atom. The van der Waals surface area contributed by atoms with Gasteiger partial charge in [-0.25, -0.2) is 9.97 Å². The molecule has 0 fully saturated rings. The third-order valence-electron chi connectivity index (χ3n) is 4.95. The number of aryl methyl sites for hydroxylation is 1. The number of anilines is 3. The Hall–Kier alpha value is -3.21. The molecule has 4 rings (SSSR count). The highest BCUT2D eigenvalue weighted by Gasteiger charge is 2.31. The molecule has 0 spiro atoms. The molecule has 1 unspecified atom stereocenters. The Balaban J connectivity index is 1.57. The van der Waals surface area contributed by atoms with E-state index < -0.39 is 0 Å². The van der Waals surface area contributed by atoms with E-state index in [4.69, 9.17) is 0 Å². The number of amides is 1. The first-order chi connectivity index (χ1) is 13.2. The predicted octanol–water partition coefficient (Wildman–Crippen LogP) is 4.37. The smallest absolute Gasteiger partial charge is 0.277 e. The highest BCUT2D eigenvalue weighted by Crippen LogP contribution is 2.33. The number of hydrogen-bond donors (Lipinski definition) is 1. The van der Waals surface area contributed by atoms with Gasteiger partial charge in [0.05, 0.1) is 0 Å². The lowest BCUT2D eigenvalue weighted by molar-refractivity contribution is 0.0976. The molecule has 0 saturated heterocycles. The molecular weight excluding hydrogens is 336 g/mol. The van der Waals surface area contributed by atoms with Gasteiger partial charge in [0.25, 0.3) is 5.91 Å². The third-order valence-corrected chi connectivity index (χ3v) is 4.95. The van der Waals surface area contributed by atoms with Gasteiger partial charge in [-0.2, -0.15) is 0 Å². The fraction of sp³-hybridized carbons (Fsp3) is 0.227. The zero-order chi connectivity index (χ0) is 18.8. The number of fused-ring (bicyclic) bond motifs is 1. The first-order valence-corrected chi connectivity index (χ1v) is 9.25. The molecule has 1 amide bonds. The number of nitrogens with one attached hydrogen (secondary N) is 1. The predicted molar refractivity (Wildman–Crippen MR) is 108 cm³/mol. The van der Waals surface area contributed by atoms with Crippen LogP contribution in [-0.4, -0.2) is 21.9 Å². The van der Waals surface area contributed by atoms with Gasteiger partial charge in [-0.3, -0.25) is 4.79 Å². The zero-order valence-corrected chi connectivity index (χ0v) is 15.5. The van der Waals surface area contributed by atoms with Crippen LogP contribution in [0, 0.1) is 0 Å². The van der Waals surface area contributed by atoms with E-state index in [1.165, 1.54) is 17.5 Å². The van der Waals surface area contributed by atoms with Crippen molar-refractivity contribution < 1.29 is 4.79 Å². The standard InChI is InChI=1S/C22H22N4O/c1-3-16-8-10-18(11-9-16)25-21-13-19(23-14-24-21)22(27)26-15(2)12-17-6-4-5-7-20(17)26/h4-11,13-15H,3,12H2,1-2H3,(H,23,24,25). The van der Waals surface area contributed by atoms with Crippen LogP contribution in [0.2, 0.25) is 0 Å². The van der Waals surface area contributed by atoms with E-state index in [0.717, 1.165) is 24.2 Å². The number of nitrogens with zero attached hydrogens (tertiary/aromatic N) is 3. The quantitative estimate of drug-likeness (QED) is 0.752. The molecule has 27 heavy (non-hydrogen) atoms. The number of rotatable bonds is 4.